The van der Waals surface area contributed by atoms with Gasteiger partial charge in [0.15, 0.2) is 11.5 Å². The fourth-order valence-electron chi connectivity index (χ4n) is 3.91. The van der Waals surface area contributed by atoms with E-state index in [0.29, 0.717) is 24.7 Å². The lowest BCUT2D eigenvalue weighted by Crippen LogP contribution is -2.47. The van der Waals surface area contributed by atoms with Gasteiger partial charge in [-0.1, -0.05) is 32.1 Å². The number of carbonyl (C=O) groups excluding carboxylic acids is 1. The summed E-state index contributed by atoms with van der Waals surface area (Å²) in [5.41, 5.74) is 5.05. The third-order valence-electron chi connectivity index (χ3n) is 5.34. The van der Waals surface area contributed by atoms with E-state index in [2.05, 4.69) is 4.99 Å². The first kappa shape index (κ1) is 18.5. The Labute approximate surface area is 155 Å². The van der Waals surface area contributed by atoms with Gasteiger partial charge < -0.3 is 15.2 Å². The average molecular weight is 359 g/mol. The highest BCUT2D eigenvalue weighted by molar-refractivity contribution is 6.06. The molecule has 1 unspecified atom stereocenters. The van der Waals surface area contributed by atoms with Gasteiger partial charge in [-0.05, 0) is 43.5 Å². The number of carbonyl (C=O) groups is 1. The van der Waals surface area contributed by atoms with Crippen LogP contribution in [0.5, 0.6) is 11.5 Å². The molecule has 1 atom stereocenters. The molecule has 1 aromatic rings. The van der Waals surface area contributed by atoms with Crippen LogP contribution in [0.25, 0.3) is 0 Å². The SMILES string of the molecule is CCOc1ccc(OCC2(CC3CCCCC3)N=C(N)N(C)C2=O)cc1. The number of guanidine groups is 1. The Kier molecular flexibility index (Phi) is 5.69. The topological polar surface area (TPSA) is 77.2 Å². The zero-order chi connectivity index (χ0) is 18.6. The molecule has 1 saturated carbocycles. The third kappa shape index (κ3) is 3.94. The van der Waals surface area contributed by atoms with E-state index in [1.54, 1.807) is 7.05 Å². The molecule has 1 amide bonds. The first-order valence-corrected chi connectivity index (χ1v) is 9.53. The summed E-state index contributed by atoms with van der Waals surface area (Å²) in [5, 5.41) is 0. The minimum absolute atomic E-state index is 0.0634. The first-order chi connectivity index (χ1) is 12.5. The number of hydrogen-bond acceptors (Lipinski definition) is 5. The Bertz CT molecular complexity index is 653. The zero-order valence-electron chi connectivity index (χ0n) is 15.7. The molecular weight excluding hydrogens is 330 g/mol. The van der Waals surface area contributed by atoms with Crippen molar-refractivity contribution in [3.05, 3.63) is 24.3 Å². The molecule has 2 aliphatic rings. The smallest absolute Gasteiger partial charge is 0.260 e. The molecule has 0 spiro atoms. The van der Waals surface area contributed by atoms with Crippen LogP contribution in [0.15, 0.2) is 29.3 Å². The zero-order valence-corrected chi connectivity index (χ0v) is 15.7. The lowest BCUT2D eigenvalue weighted by Gasteiger charge is -2.31. The summed E-state index contributed by atoms with van der Waals surface area (Å²) >= 11 is 0. The van der Waals surface area contributed by atoms with E-state index in [4.69, 9.17) is 15.2 Å². The maximum absolute atomic E-state index is 12.9. The van der Waals surface area contributed by atoms with Crippen LogP contribution in [0.1, 0.15) is 45.4 Å². The first-order valence-electron chi connectivity index (χ1n) is 9.53. The lowest BCUT2D eigenvalue weighted by molar-refractivity contribution is -0.132. The van der Waals surface area contributed by atoms with Gasteiger partial charge in [0.25, 0.3) is 5.91 Å². The number of benzene rings is 1. The number of nitrogens with zero attached hydrogens (tertiary/aromatic N) is 2. The van der Waals surface area contributed by atoms with Gasteiger partial charge in [-0.25, -0.2) is 4.99 Å². The van der Waals surface area contributed by atoms with Gasteiger partial charge in [0.1, 0.15) is 18.1 Å². The Morgan fingerprint density at radius 3 is 2.31 bits per heavy atom. The summed E-state index contributed by atoms with van der Waals surface area (Å²) in [7, 11) is 1.68. The second-order valence-electron chi connectivity index (χ2n) is 7.27. The van der Waals surface area contributed by atoms with E-state index < -0.39 is 5.54 Å². The molecule has 0 aromatic heterocycles. The second-order valence-corrected chi connectivity index (χ2v) is 7.27. The van der Waals surface area contributed by atoms with Gasteiger partial charge in [-0.3, -0.25) is 9.69 Å². The highest BCUT2D eigenvalue weighted by atomic mass is 16.5. The van der Waals surface area contributed by atoms with Crippen LogP contribution in [0.4, 0.5) is 0 Å². The van der Waals surface area contributed by atoms with Gasteiger partial charge in [-0.15, -0.1) is 0 Å². The fraction of sp³-hybridized carbons (Fsp3) is 0.600. The van der Waals surface area contributed by atoms with Crippen LogP contribution in [0, 0.1) is 5.92 Å². The number of ether oxygens (including phenoxy) is 2. The standard InChI is InChI=1S/C20H29N3O3/c1-3-25-16-9-11-17(12-10-16)26-14-20(13-15-7-5-4-6-8-15)18(24)23(2)19(21)22-20/h9-12,15H,3-8,13-14H2,1-2H3,(H2,21,22). The highest BCUT2D eigenvalue weighted by Crippen LogP contribution is 2.36. The molecular formula is C20H29N3O3. The molecule has 6 heteroatoms. The van der Waals surface area contributed by atoms with Gasteiger partial charge in [0.2, 0.25) is 0 Å². The number of likely N-dealkylation sites (N-methyl/N-ethyl adjacent to an activating group) is 1. The maximum Gasteiger partial charge on any atom is 0.260 e. The Morgan fingerprint density at radius 1 is 1.15 bits per heavy atom. The van der Waals surface area contributed by atoms with E-state index in [9.17, 15) is 4.79 Å². The van der Waals surface area contributed by atoms with E-state index in [1.807, 2.05) is 31.2 Å². The van der Waals surface area contributed by atoms with Crippen molar-refractivity contribution in [2.24, 2.45) is 16.6 Å². The summed E-state index contributed by atoms with van der Waals surface area (Å²) in [4.78, 5) is 18.9. The largest absolute Gasteiger partial charge is 0.494 e. The number of amides is 1. The highest BCUT2D eigenvalue weighted by Gasteiger charge is 2.48. The molecule has 3 rings (SSSR count). The maximum atomic E-state index is 12.9. The summed E-state index contributed by atoms with van der Waals surface area (Å²) in [5.74, 6) is 2.22. The van der Waals surface area contributed by atoms with Crippen molar-refractivity contribution in [2.75, 3.05) is 20.3 Å². The normalized spacial score (nSPS) is 23.8. The third-order valence-corrected chi connectivity index (χ3v) is 5.34. The van der Waals surface area contributed by atoms with E-state index >= 15 is 0 Å². The fourth-order valence-corrected chi connectivity index (χ4v) is 3.91. The van der Waals surface area contributed by atoms with Gasteiger partial charge in [-0.2, -0.15) is 0 Å². The molecule has 0 saturated heterocycles. The summed E-state index contributed by atoms with van der Waals surface area (Å²) < 4.78 is 11.4. The number of rotatable bonds is 7. The Hall–Kier alpha value is -2.24. The molecule has 142 valence electrons. The quantitative estimate of drug-likeness (QED) is 0.812. The average Bonchev–Trinajstić information content (AvgIpc) is 2.86. The van der Waals surface area contributed by atoms with Crippen LogP contribution in [-0.4, -0.2) is 42.6 Å². The minimum Gasteiger partial charge on any atom is -0.494 e. The van der Waals surface area contributed by atoms with Crippen molar-refractivity contribution in [3.63, 3.8) is 0 Å². The monoisotopic (exact) mass is 359 g/mol. The van der Waals surface area contributed by atoms with Crippen LogP contribution < -0.4 is 15.2 Å². The summed E-state index contributed by atoms with van der Waals surface area (Å²) in [6.07, 6.45) is 6.74. The van der Waals surface area contributed by atoms with Crippen molar-refractivity contribution in [3.8, 4) is 11.5 Å². The van der Waals surface area contributed by atoms with Crippen molar-refractivity contribution >= 4 is 11.9 Å². The molecule has 1 heterocycles. The van der Waals surface area contributed by atoms with Crippen molar-refractivity contribution in [2.45, 2.75) is 51.0 Å². The van der Waals surface area contributed by atoms with Gasteiger partial charge >= 0.3 is 0 Å². The van der Waals surface area contributed by atoms with E-state index in [0.717, 1.165) is 18.6 Å². The Morgan fingerprint density at radius 2 is 1.77 bits per heavy atom. The predicted octanol–water partition coefficient (Wildman–Crippen LogP) is 2.96. The number of aliphatic imine (C=N–C) groups is 1. The molecule has 6 nitrogen and oxygen atoms in total. The Balaban J connectivity index is 1.72. The molecule has 1 aromatic carbocycles. The lowest BCUT2D eigenvalue weighted by atomic mass is 9.79. The van der Waals surface area contributed by atoms with Crippen LogP contribution in [0.2, 0.25) is 0 Å². The van der Waals surface area contributed by atoms with Gasteiger partial charge in [0.05, 0.1) is 6.61 Å². The number of nitrogens with two attached hydrogens (primary N) is 1. The molecule has 0 radical (unpaired) electrons. The van der Waals surface area contributed by atoms with Crippen LogP contribution in [0.3, 0.4) is 0 Å². The molecule has 2 N–H and O–H groups in total. The minimum atomic E-state index is -0.903. The van der Waals surface area contributed by atoms with E-state index in [1.165, 1.54) is 24.2 Å². The molecule has 1 aliphatic heterocycles. The van der Waals surface area contributed by atoms with Crippen molar-refractivity contribution < 1.29 is 14.3 Å². The summed E-state index contributed by atoms with van der Waals surface area (Å²) in [6, 6.07) is 7.45. The number of hydrogen-bond donors (Lipinski definition) is 1. The van der Waals surface area contributed by atoms with Crippen LogP contribution >= 0.6 is 0 Å². The van der Waals surface area contributed by atoms with Crippen molar-refractivity contribution in [1.82, 2.24) is 4.90 Å². The van der Waals surface area contributed by atoms with Crippen LogP contribution in [-0.2, 0) is 4.79 Å². The summed E-state index contributed by atoms with van der Waals surface area (Å²) in [6.45, 7) is 2.78. The van der Waals surface area contributed by atoms with E-state index in [-0.39, 0.29) is 18.5 Å². The molecule has 26 heavy (non-hydrogen) atoms. The van der Waals surface area contributed by atoms with Gasteiger partial charge in [0, 0.05) is 7.05 Å². The second kappa shape index (κ2) is 7.98. The molecule has 1 aliphatic carbocycles. The molecule has 0 bridgehead atoms. The predicted molar refractivity (Wildman–Crippen MR) is 101 cm³/mol. The van der Waals surface area contributed by atoms with Crippen molar-refractivity contribution in [1.29, 1.82) is 0 Å². The molecule has 1 fully saturated rings.